The minimum Gasteiger partial charge on any atom is -0.441 e. The number of oxazole rings is 1. The van der Waals surface area contributed by atoms with Gasteiger partial charge in [0.25, 0.3) is 0 Å². The fourth-order valence-corrected chi connectivity index (χ4v) is 1.85. The number of anilines is 1. The first-order valence-corrected chi connectivity index (χ1v) is 7.20. The van der Waals surface area contributed by atoms with Crippen molar-refractivity contribution in [1.29, 1.82) is 0 Å². The summed E-state index contributed by atoms with van der Waals surface area (Å²) in [5.74, 6) is 1.71. The lowest BCUT2D eigenvalue weighted by atomic mass is 10.2. The molecule has 6 heteroatoms. The molecule has 0 atom stereocenters. The summed E-state index contributed by atoms with van der Waals surface area (Å²) in [6.07, 6.45) is 1.74. The number of nitrogens with one attached hydrogen (secondary N) is 1. The smallest absolute Gasteiger partial charge is 0.321 e. The number of carbonyl (C=O) groups is 1. The van der Waals surface area contributed by atoms with Crippen LogP contribution in [0.15, 0.2) is 34.9 Å². The number of nitrogens with zero attached hydrogens (tertiary/aromatic N) is 2. The van der Waals surface area contributed by atoms with Gasteiger partial charge in [0.1, 0.15) is 5.76 Å². The lowest BCUT2D eigenvalue weighted by molar-refractivity contribution is 0.202. The summed E-state index contributed by atoms with van der Waals surface area (Å²) in [6, 6.07) is 7.01. The average molecular weight is 303 g/mol. The highest BCUT2D eigenvalue weighted by Crippen LogP contribution is 2.24. The highest BCUT2D eigenvalue weighted by molar-refractivity contribution is 5.89. The fourth-order valence-electron chi connectivity index (χ4n) is 1.85. The van der Waals surface area contributed by atoms with Gasteiger partial charge in [0, 0.05) is 30.8 Å². The Morgan fingerprint density at radius 3 is 2.59 bits per heavy atom. The summed E-state index contributed by atoms with van der Waals surface area (Å²) in [7, 11) is 1.63. The number of aliphatic hydroxyl groups excluding tert-OH is 1. The molecule has 0 spiro atoms. The van der Waals surface area contributed by atoms with Crippen LogP contribution in [0.2, 0.25) is 0 Å². The summed E-state index contributed by atoms with van der Waals surface area (Å²) in [5.41, 5.74) is 1.53. The lowest BCUT2D eigenvalue weighted by Crippen LogP contribution is -2.33. The maximum atomic E-state index is 11.8. The van der Waals surface area contributed by atoms with Gasteiger partial charge in [-0.2, -0.15) is 0 Å². The van der Waals surface area contributed by atoms with Gasteiger partial charge in [0.05, 0.1) is 12.8 Å². The van der Waals surface area contributed by atoms with Crippen molar-refractivity contribution in [3.63, 3.8) is 0 Å². The van der Waals surface area contributed by atoms with Crippen LogP contribution in [0.25, 0.3) is 11.5 Å². The molecule has 0 aliphatic rings. The Labute approximate surface area is 129 Å². The number of carbonyl (C=O) groups excluding carboxylic acids is 1. The molecular formula is C16H21N3O3. The van der Waals surface area contributed by atoms with Crippen molar-refractivity contribution in [1.82, 2.24) is 9.88 Å². The van der Waals surface area contributed by atoms with E-state index < -0.39 is 0 Å². The summed E-state index contributed by atoms with van der Waals surface area (Å²) >= 11 is 0. The second-order valence-corrected chi connectivity index (χ2v) is 5.38. The molecule has 118 valence electrons. The molecule has 1 aromatic carbocycles. The molecule has 0 aliphatic heterocycles. The van der Waals surface area contributed by atoms with Crippen molar-refractivity contribution in [2.45, 2.75) is 19.8 Å². The van der Waals surface area contributed by atoms with Crippen molar-refractivity contribution in [2.24, 2.45) is 0 Å². The Morgan fingerprint density at radius 2 is 2.05 bits per heavy atom. The van der Waals surface area contributed by atoms with E-state index in [0.717, 1.165) is 11.3 Å². The maximum absolute atomic E-state index is 11.8. The number of rotatable bonds is 5. The first-order chi connectivity index (χ1) is 10.5. The average Bonchev–Trinajstić information content (AvgIpc) is 2.98. The number of amides is 2. The molecule has 1 heterocycles. The van der Waals surface area contributed by atoms with Gasteiger partial charge >= 0.3 is 6.03 Å². The SMILES string of the molecule is CC(C)c1cnc(-c2ccc(NC(=O)N(C)CCO)cc2)o1. The number of hydrogen-bond donors (Lipinski definition) is 2. The predicted molar refractivity (Wildman–Crippen MR) is 84.8 cm³/mol. The van der Waals surface area contributed by atoms with Crippen LogP contribution in [0.5, 0.6) is 0 Å². The zero-order valence-corrected chi connectivity index (χ0v) is 13.0. The molecule has 0 unspecified atom stereocenters. The fraction of sp³-hybridized carbons (Fsp3) is 0.375. The van der Waals surface area contributed by atoms with E-state index in [9.17, 15) is 4.79 Å². The normalized spacial score (nSPS) is 10.8. The number of urea groups is 1. The van der Waals surface area contributed by atoms with Crippen LogP contribution in [0, 0.1) is 0 Å². The Kier molecular flexibility index (Phi) is 5.16. The number of aliphatic hydroxyl groups is 1. The Hall–Kier alpha value is -2.34. The van der Waals surface area contributed by atoms with E-state index in [1.165, 1.54) is 4.90 Å². The van der Waals surface area contributed by atoms with Crippen molar-refractivity contribution in [3.05, 3.63) is 36.2 Å². The molecule has 0 bridgehead atoms. The lowest BCUT2D eigenvalue weighted by Gasteiger charge is -2.16. The minimum atomic E-state index is -0.264. The van der Waals surface area contributed by atoms with E-state index in [1.54, 1.807) is 25.4 Å². The van der Waals surface area contributed by atoms with E-state index in [0.29, 0.717) is 17.5 Å². The summed E-state index contributed by atoms with van der Waals surface area (Å²) in [5, 5.41) is 11.6. The molecule has 0 saturated carbocycles. The molecule has 0 fully saturated rings. The van der Waals surface area contributed by atoms with E-state index in [4.69, 9.17) is 9.52 Å². The van der Waals surface area contributed by atoms with Gasteiger partial charge in [-0.3, -0.25) is 0 Å². The largest absolute Gasteiger partial charge is 0.441 e. The van der Waals surface area contributed by atoms with Gasteiger partial charge < -0.3 is 19.7 Å². The van der Waals surface area contributed by atoms with E-state index in [-0.39, 0.29) is 19.2 Å². The Balaban J connectivity index is 2.05. The maximum Gasteiger partial charge on any atom is 0.321 e. The molecule has 2 rings (SSSR count). The van der Waals surface area contributed by atoms with Gasteiger partial charge in [-0.05, 0) is 24.3 Å². The van der Waals surface area contributed by atoms with E-state index >= 15 is 0 Å². The number of likely N-dealkylation sites (N-methyl/N-ethyl adjacent to an activating group) is 1. The van der Waals surface area contributed by atoms with Gasteiger partial charge in [-0.1, -0.05) is 13.8 Å². The van der Waals surface area contributed by atoms with Crippen molar-refractivity contribution in [2.75, 3.05) is 25.5 Å². The standard InChI is InChI=1S/C16H21N3O3/c1-11(2)14-10-17-15(22-14)12-4-6-13(7-5-12)18-16(21)19(3)8-9-20/h4-7,10-11,20H,8-9H2,1-3H3,(H,18,21). The van der Waals surface area contributed by atoms with Crippen LogP contribution in [0.3, 0.4) is 0 Å². The Morgan fingerprint density at radius 1 is 1.36 bits per heavy atom. The first-order valence-electron chi connectivity index (χ1n) is 7.20. The molecule has 1 aromatic heterocycles. The molecule has 6 nitrogen and oxygen atoms in total. The number of benzene rings is 1. The molecule has 22 heavy (non-hydrogen) atoms. The van der Waals surface area contributed by atoms with Crippen LogP contribution in [-0.2, 0) is 0 Å². The van der Waals surface area contributed by atoms with Crippen LogP contribution >= 0.6 is 0 Å². The third kappa shape index (κ3) is 3.85. The molecule has 2 aromatic rings. The quantitative estimate of drug-likeness (QED) is 0.890. The van der Waals surface area contributed by atoms with Crippen molar-refractivity contribution >= 4 is 11.7 Å². The highest BCUT2D eigenvalue weighted by atomic mass is 16.4. The van der Waals surface area contributed by atoms with Gasteiger partial charge in [0.2, 0.25) is 5.89 Å². The molecule has 2 N–H and O–H groups in total. The van der Waals surface area contributed by atoms with Gasteiger partial charge in [-0.15, -0.1) is 0 Å². The number of aromatic nitrogens is 1. The van der Waals surface area contributed by atoms with Gasteiger partial charge in [0.15, 0.2) is 0 Å². The summed E-state index contributed by atoms with van der Waals surface area (Å²) < 4.78 is 5.69. The third-order valence-corrected chi connectivity index (χ3v) is 3.26. The van der Waals surface area contributed by atoms with Crippen LogP contribution in [0.4, 0.5) is 10.5 Å². The Bertz CT molecular complexity index is 620. The third-order valence-electron chi connectivity index (χ3n) is 3.26. The van der Waals surface area contributed by atoms with Crippen LogP contribution < -0.4 is 5.32 Å². The second kappa shape index (κ2) is 7.09. The highest BCUT2D eigenvalue weighted by Gasteiger charge is 2.11. The molecule has 2 amide bonds. The van der Waals surface area contributed by atoms with Gasteiger partial charge in [-0.25, -0.2) is 9.78 Å². The monoisotopic (exact) mass is 303 g/mol. The van der Waals surface area contributed by atoms with Crippen LogP contribution in [-0.4, -0.2) is 41.2 Å². The van der Waals surface area contributed by atoms with E-state index in [2.05, 4.69) is 10.3 Å². The minimum absolute atomic E-state index is 0.0643. The summed E-state index contributed by atoms with van der Waals surface area (Å²) in [4.78, 5) is 17.5. The van der Waals surface area contributed by atoms with E-state index in [1.807, 2.05) is 26.0 Å². The molecule has 0 aliphatic carbocycles. The molecule has 0 saturated heterocycles. The molecular weight excluding hydrogens is 282 g/mol. The first kappa shape index (κ1) is 16.0. The zero-order valence-electron chi connectivity index (χ0n) is 13.0. The number of hydrogen-bond acceptors (Lipinski definition) is 4. The van der Waals surface area contributed by atoms with Crippen molar-refractivity contribution in [3.8, 4) is 11.5 Å². The van der Waals surface area contributed by atoms with Crippen molar-refractivity contribution < 1.29 is 14.3 Å². The predicted octanol–water partition coefficient (Wildman–Crippen LogP) is 2.92. The van der Waals surface area contributed by atoms with Crippen LogP contribution in [0.1, 0.15) is 25.5 Å². The molecule has 0 radical (unpaired) electrons. The topological polar surface area (TPSA) is 78.6 Å². The zero-order chi connectivity index (χ0) is 16.1. The summed E-state index contributed by atoms with van der Waals surface area (Å²) in [6.45, 7) is 4.32. The second-order valence-electron chi connectivity index (χ2n) is 5.38.